The molecule has 0 atom stereocenters. The Balaban J connectivity index is 0.000000269. The van der Waals surface area contributed by atoms with Crippen molar-refractivity contribution in [3.05, 3.63) is 95.6 Å². The summed E-state index contributed by atoms with van der Waals surface area (Å²) in [6.45, 7) is 3.25. The van der Waals surface area contributed by atoms with Crippen LogP contribution in [0.25, 0.3) is 0 Å². The molecular weight excluding hydrogens is 380 g/mol. The molecule has 0 aliphatic carbocycles. The van der Waals surface area contributed by atoms with Crippen molar-refractivity contribution in [2.75, 3.05) is 11.1 Å². The van der Waals surface area contributed by atoms with Crippen LogP contribution in [0, 0.1) is 0 Å². The molecule has 3 aromatic carbocycles. The van der Waals surface area contributed by atoms with Crippen LogP contribution in [0.1, 0.15) is 40.1 Å². The first-order valence-electron chi connectivity index (χ1n) is 9.30. The molecule has 3 aromatic rings. The highest BCUT2D eigenvalue weighted by Gasteiger charge is 2.04. The molecule has 0 aliphatic rings. The third kappa shape index (κ3) is 7.59. The van der Waals surface area contributed by atoms with Gasteiger partial charge >= 0.3 is 6.09 Å². The Labute approximate surface area is 175 Å². The lowest BCUT2D eigenvalue weighted by Gasteiger charge is -2.07. The number of rotatable bonds is 5. The van der Waals surface area contributed by atoms with Crippen molar-refractivity contribution < 1.29 is 19.1 Å². The second-order valence-corrected chi connectivity index (χ2v) is 6.50. The number of ketones is 2. The van der Waals surface area contributed by atoms with E-state index in [2.05, 4.69) is 5.32 Å². The number of nitrogens with two attached hydrogens (primary N) is 1. The highest BCUT2D eigenvalue weighted by atomic mass is 16.5. The lowest BCUT2D eigenvalue weighted by molar-refractivity contribution is 0.100. The van der Waals surface area contributed by atoms with Gasteiger partial charge in [0.15, 0.2) is 11.6 Å². The molecule has 0 unspecified atom stereocenters. The minimum absolute atomic E-state index is 0.0109. The largest absolute Gasteiger partial charge is 0.444 e. The lowest BCUT2D eigenvalue weighted by Crippen LogP contribution is -2.13. The monoisotopic (exact) mass is 404 g/mol. The van der Waals surface area contributed by atoms with Crippen LogP contribution in [0.5, 0.6) is 0 Å². The molecule has 0 heterocycles. The van der Waals surface area contributed by atoms with E-state index in [1.807, 2.05) is 30.3 Å². The van der Waals surface area contributed by atoms with Crippen LogP contribution in [0.2, 0.25) is 0 Å². The lowest BCUT2D eigenvalue weighted by atomic mass is 10.1. The average Bonchev–Trinajstić information content (AvgIpc) is 2.74. The number of hydrogen-bond donors (Lipinski definition) is 2. The molecule has 3 rings (SSSR count). The minimum atomic E-state index is -0.524. The van der Waals surface area contributed by atoms with Crippen LogP contribution in [0.4, 0.5) is 16.2 Å². The first kappa shape index (κ1) is 22.4. The maximum Gasteiger partial charge on any atom is 0.411 e. The van der Waals surface area contributed by atoms with Gasteiger partial charge in [-0.25, -0.2) is 4.79 Å². The summed E-state index contributed by atoms with van der Waals surface area (Å²) >= 11 is 0. The topological polar surface area (TPSA) is 98.5 Å². The van der Waals surface area contributed by atoms with Gasteiger partial charge in [-0.15, -0.1) is 0 Å². The Kier molecular flexibility index (Phi) is 8.32. The number of Topliss-reactive ketones (excluding diaryl/α,β-unsaturated/α-hetero) is 2. The number of amides is 1. The molecule has 3 N–H and O–H groups in total. The highest BCUT2D eigenvalue weighted by Crippen LogP contribution is 2.11. The number of carbonyl (C=O) groups is 3. The minimum Gasteiger partial charge on any atom is -0.444 e. The van der Waals surface area contributed by atoms with Crippen LogP contribution in [0.3, 0.4) is 0 Å². The molecule has 154 valence electrons. The van der Waals surface area contributed by atoms with Crippen molar-refractivity contribution in [2.24, 2.45) is 0 Å². The van der Waals surface area contributed by atoms with Crippen molar-refractivity contribution in [1.29, 1.82) is 0 Å². The quantitative estimate of drug-likeness (QED) is 0.455. The Hall–Kier alpha value is -3.93. The third-order valence-electron chi connectivity index (χ3n) is 4.07. The van der Waals surface area contributed by atoms with Gasteiger partial charge in [-0.1, -0.05) is 30.3 Å². The predicted octanol–water partition coefficient (Wildman–Crippen LogP) is 5.11. The molecule has 6 nitrogen and oxygen atoms in total. The van der Waals surface area contributed by atoms with Crippen LogP contribution < -0.4 is 11.1 Å². The van der Waals surface area contributed by atoms with Crippen molar-refractivity contribution in [3.8, 4) is 0 Å². The van der Waals surface area contributed by atoms with E-state index in [9.17, 15) is 14.4 Å². The fraction of sp³-hybridized carbons (Fsp3) is 0.125. The number of anilines is 2. The third-order valence-corrected chi connectivity index (χ3v) is 4.07. The van der Waals surface area contributed by atoms with Crippen molar-refractivity contribution in [3.63, 3.8) is 0 Å². The van der Waals surface area contributed by atoms with Gasteiger partial charge in [0, 0.05) is 22.5 Å². The summed E-state index contributed by atoms with van der Waals surface area (Å²) in [4.78, 5) is 33.4. The Morgan fingerprint density at radius 3 is 1.77 bits per heavy atom. The molecule has 0 fully saturated rings. The van der Waals surface area contributed by atoms with Crippen molar-refractivity contribution in [2.45, 2.75) is 20.5 Å². The number of carbonyl (C=O) groups excluding carboxylic acids is 3. The van der Waals surface area contributed by atoms with E-state index < -0.39 is 6.09 Å². The van der Waals surface area contributed by atoms with E-state index in [0.717, 1.165) is 5.56 Å². The molecule has 0 radical (unpaired) electrons. The first-order chi connectivity index (χ1) is 14.3. The van der Waals surface area contributed by atoms with Gasteiger partial charge in [-0.2, -0.15) is 0 Å². The summed E-state index contributed by atoms with van der Waals surface area (Å²) < 4.78 is 5.09. The fourth-order valence-corrected chi connectivity index (χ4v) is 2.38. The molecule has 0 aliphatic heterocycles. The van der Waals surface area contributed by atoms with Gasteiger partial charge in [-0.3, -0.25) is 14.9 Å². The maximum absolute atomic E-state index is 11.6. The standard InChI is InChI=1S/C16H15NO3.C8H9NO/c1-12(18)14-7-9-15(10-8-14)17-16(19)20-11-13-5-3-2-4-6-13;1-6(10)7-2-4-8(9)5-3-7/h2-10H,11H2,1H3,(H,17,19);2-5H,9H2,1H3. The maximum atomic E-state index is 11.6. The number of nitrogen functional groups attached to an aromatic ring is 1. The SMILES string of the molecule is CC(=O)c1ccc(N)cc1.CC(=O)c1ccc(NC(=O)OCc2ccccc2)cc1. The van der Waals surface area contributed by atoms with Gasteiger partial charge in [-0.05, 0) is 67.9 Å². The van der Waals surface area contributed by atoms with Gasteiger partial charge in [0.05, 0.1) is 0 Å². The summed E-state index contributed by atoms with van der Waals surface area (Å²) in [5.74, 6) is 0.0585. The number of benzene rings is 3. The average molecular weight is 404 g/mol. The molecule has 0 aromatic heterocycles. The van der Waals surface area contributed by atoms with E-state index in [4.69, 9.17) is 10.5 Å². The second-order valence-electron chi connectivity index (χ2n) is 6.50. The van der Waals surface area contributed by atoms with E-state index >= 15 is 0 Å². The molecule has 0 spiro atoms. The highest BCUT2D eigenvalue weighted by molar-refractivity contribution is 5.95. The molecule has 0 saturated carbocycles. The predicted molar refractivity (Wildman–Crippen MR) is 118 cm³/mol. The molecule has 1 amide bonds. The number of hydrogen-bond acceptors (Lipinski definition) is 5. The Morgan fingerprint density at radius 2 is 1.27 bits per heavy atom. The van der Waals surface area contributed by atoms with Gasteiger partial charge < -0.3 is 10.5 Å². The van der Waals surface area contributed by atoms with Gasteiger partial charge in [0.1, 0.15) is 6.61 Å². The number of ether oxygens (including phenoxy) is 1. The van der Waals surface area contributed by atoms with Gasteiger partial charge in [0.25, 0.3) is 0 Å². The summed E-state index contributed by atoms with van der Waals surface area (Å²) in [6.07, 6.45) is -0.524. The van der Waals surface area contributed by atoms with E-state index in [1.54, 1.807) is 48.5 Å². The van der Waals surface area contributed by atoms with E-state index in [-0.39, 0.29) is 18.2 Å². The zero-order chi connectivity index (χ0) is 21.9. The zero-order valence-electron chi connectivity index (χ0n) is 16.9. The van der Waals surface area contributed by atoms with Crippen molar-refractivity contribution >= 4 is 29.0 Å². The molecule has 6 heteroatoms. The second kappa shape index (κ2) is 11.2. The Morgan fingerprint density at radius 1 is 0.767 bits per heavy atom. The zero-order valence-corrected chi connectivity index (χ0v) is 16.9. The molecule has 30 heavy (non-hydrogen) atoms. The van der Waals surface area contributed by atoms with Gasteiger partial charge in [0.2, 0.25) is 0 Å². The number of nitrogens with one attached hydrogen (secondary N) is 1. The van der Waals surface area contributed by atoms with Crippen molar-refractivity contribution in [1.82, 2.24) is 0 Å². The van der Waals surface area contributed by atoms with Crippen LogP contribution in [-0.2, 0) is 11.3 Å². The van der Waals surface area contributed by atoms with E-state index in [0.29, 0.717) is 22.5 Å². The molecule has 0 saturated heterocycles. The summed E-state index contributed by atoms with van der Waals surface area (Å²) in [6, 6.07) is 23.0. The first-order valence-corrected chi connectivity index (χ1v) is 9.30. The summed E-state index contributed by atoms with van der Waals surface area (Å²) in [7, 11) is 0. The fourth-order valence-electron chi connectivity index (χ4n) is 2.38. The van der Waals surface area contributed by atoms with E-state index in [1.165, 1.54) is 13.8 Å². The molecule has 0 bridgehead atoms. The Bertz CT molecular complexity index is 982. The summed E-state index contributed by atoms with van der Waals surface area (Å²) in [5.41, 5.74) is 8.92. The normalized spacial score (nSPS) is 9.67. The smallest absolute Gasteiger partial charge is 0.411 e. The summed E-state index contributed by atoms with van der Waals surface area (Å²) in [5, 5.41) is 2.61. The molecular formula is C24H24N2O4. The van der Waals surface area contributed by atoms with Crippen LogP contribution in [-0.4, -0.2) is 17.7 Å². The van der Waals surface area contributed by atoms with Crippen LogP contribution in [0.15, 0.2) is 78.9 Å². The van der Waals surface area contributed by atoms with Crippen LogP contribution >= 0.6 is 0 Å².